The van der Waals surface area contributed by atoms with Crippen molar-refractivity contribution < 1.29 is 29.6 Å². The fourth-order valence-electron chi connectivity index (χ4n) is 0.192. The van der Waals surface area contributed by atoms with E-state index < -0.39 is 0 Å². The predicted molar refractivity (Wildman–Crippen MR) is 27.1 cm³/mol. The van der Waals surface area contributed by atoms with Gasteiger partial charge in [-0.05, 0) is 0 Å². The molecule has 0 aromatic carbocycles. The Hall–Kier alpha value is 1.21. The Morgan fingerprint density at radius 2 is 2.33 bits per heavy atom. The van der Waals surface area contributed by atoms with Crippen LogP contribution in [0.5, 0.6) is 0 Å². The van der Waals surface area contributed by atoms with Crippen LogP contribution in [-0.2, 0) is 0 Å². The van der Waals surface area contributed by atoms with E-state index in [9.17, 15) is 0 Å². The summed E-state index contributed by atoms with van der Waals surface area (Å²) in [4.78, 5) is 0. The summed E-state index contributed by atoms with van der Waals surface area (Å²) in [6.07, 6.45) is 0. The van der Waals surface area contributed by atoms with Crippen molar-refractivity contribution in [3.63, 3.8) is 0 Å². The molecule has 0 bridgehead atoms. The van der Waals surface area contributed by atoms with Gasteiger partial charge in [0, 0.05) is 0 Å². The van der Waals surface area contributed by atoms with Crippen molar-refractivity contribution in [2.24, 2.45) is 0 Å². The van der Waals surface area contributed by atoms with Crippen LogP contribution in [0, 0.1) is 0 Å². The minimum Gasteiger partial charge on any atom is -0.497 e. The monoisotopic (exact) mass is 124 g/mol. The van der Waals surface area contributed by atoms with Gasteiger partial charge in [0.05, 0.1) is 0 Å². The summed E-state index contributed by atoms with van der Waals surface area (Å²) in [7, 11) is 2.85. The molecule has 26 valence electrons. The Morgan fingerprint density at radius 1 is 1.50 bits per heavy atom. The first-order chi connectivity index (χ1) is 2.50. The molecule has 0 radical (unpaired) electrons. The van der Waals surface area contributed by atoms with Crippen molar-refractivity contribution in [1.29, 1.82) is 0 Å². The average molecular weight is 124 g/mol. The van der Waals surface area contributed by atoms with Gasteiger partial charge in [-0.1, -0.05) is 11.9 Å². The Kier molecular flexibility index (Phi) is 5.25. The second-order valence-corrected chi connectivity index (χ2v) is 3.17. The quantitative estimate of drug-likeness (QED) is 0.411. The summed E-state index contributed by atoms with van der Waals surface area (Å²) in [5, 5.41) is 0. The van der Waals surface area contributed by atoms with Crippen LogP contribution in [0.2, 0.25) is 0 Å². The molecule has 1 rings (SSSR count). The van der Waals surface area contributed by atoms with E-state index >= 15 is 0 Å². The maximum absolute atomic E-state index is 2.14. The summed E-state index contributed by atoms with van der Waals surface area (Å²) in [5.41, 5.74) is 0. The van der Waals surface area contributed by atoms with Crippen molar-refractivity contribution in [1.82, 2.24) is 0 Å². The normalized spacial score (nSPS) is 9.33. The van der Waals surface area contributed by atoms with Crippen molar-refractivity contribution in [3.8, 4) is 0 Å². The van der Waals surface area contributed by atoms with Crippen LogP contribution in [0.25, 0.3) is 0 Å². The van der Waals surface area contributed by atoms with E-state index in [1.165, 1.54) is 15.7 Å². The molecule has 0 aliphatic rings. The average Bonchev–Trinajstić information content (AvgIpc) is 1.76. The van der Waals surface area contributed by atoms with Crippen molar-refractivity contribution in [2.45, 2.75) is 0 Å². The number of hydrogen-bond donors (Lipinski definition) is 0. The molecule has 0 atom stereocenters. The topological polar surface area (TPSA) is 0 Å². The van der Waals surface area contributed by atoms with Crippen LogP contribution < -0.4 is 29.6 Å². The van der Waals surface area contributed by atoms with E-state index in [0.717, 1.165) is 0 Å². The van der Waals surface area contributed by atoms with Gasteiger partial charge in [0.15, 0.2) is 0 Å². The van der Waals surface area contributed by atoms with Gasteiger partial charge in [0.25, 0.3) is 0 Å². The third kappa shape index (κ3) is 2.39. The number of rotatable bonds is 0. The molecule has 0 nitrogen and oxygen atoms in total. The maximum atomic E-state index is 2.14. The molecular weight excluding hydrogens is 121 g/mol. The first-order valence-electron chi connectivity index (χ1n) is 1.38. The minimum atomic E-state index is 0. The van der Waals surface area contributed by atoms with Gasteiger partial charge >= 0.3 is 29.6 Å². The summed E-state index contributed by atoms with van der Waals surface area (Å²) < 4.78 is 0. The van der Waals surface area contributed by atoms with Crippen molar-refractivity contribution in [3.05, 3.63) is 17.7 Å². The molecule has 0 aliphatic carbocycles. The van der Waals surface area contributed by atoms with Crippen LogP contribution >= 0.6 is 15.7 Å². The van der Waals surface area contributed by atoms with Gasteiger partial charge < -0.3 is 7.87 Å². The third-order valence-corrected chi connectivity index (χ3v) is 2.32. The fourth-order valence-corrected chi connectivity index (χ4v) is 1.73. The van der Waals surface area contributed by atoms with Gasteiger partial charge in [-0.2, -0.15) is 0 Å². The van der Waals surface area contributed by atoms with Crippen LogP contribution in [0.4, 0.5) is 0 Å². The molecule has 3 heteroatoms. The molecule has 0 aliphatic heterocycles. The minimum absolute atomic E-state index is 0. The zero-order valence-electron chi connectivity index (χ0n) is 3.63. The molecule has 0 spiro atoms. The summed E-state index contributed by atoms with van der Waals surface area (Å²) in [5.74, 6) is 4.28. The van der Waals surface area contributed by atoms with Gasteiger partial charge in [0.2, 0.25) is 0 Å². The molecule has 1 aromatic heterocycles. The van der Waals surface area contributed by atoms with Crippen molar-refractivity contribution in [2.75, 3.05) is 0 Å². The molecule has 6 heavy (non-hydrogen) atoms. The molecular formula is C3H3NaP2. The smallest absolute Gasteiger partial charge is 0.497 e. The zero-order chi connectivity index (χ0) is 3.54. The van der Waals surface area contributed by atoms with Gasteiger partial charge in [-0.15, -0.1) is 0 Å². The Bertz CT molecular complexity index is 65.3. The summed E-state index contributed by atoms with van der Waals surface area (Å²) >= 11 is 0. The Morgan fingerprint density at radius 3 is 2.50 bits per heavy atom. The number of hydrogen-bond acceptors (Lipinski definition) is 0. The van der Waals surface area contributed by atoms with Gasteiger partial charge in [-0.25, -0.2) is 5.80 Å². The van der Waals surface area contributed by atoms with Crippen LogP contribution in [0.1, 0.15) is 0 Å². The molecule has 0 saturated carbocycles. The van der Waals surface area contributed by atoms with Crippen LogP contribution in [0.15, 0.2) is 17.7 Å². The fraction of sp³-hybridized carbons (Fsp3) is 0. The molecule has 0 unspecified atom stereocenters. The van der Waals surface area contributed by atoms with E-state index in [-0.39, 0.29) is 29.6 Å². The van der Waals surface area contributed by atoms with Crippen molar-refractivity contribution >= 4 is 15.7 Å². The van der Waals surface area contributed by atoms with E-state index in [2.05, 4.69) is 17.7 Å². The molecule has 0 fully saturated rings. The first kappa shape index (κ1) is 7.21. The largest absolute Gasteiger partial charge is 1.00 e. The standard InChI is InChI=1S/C3H3P2.Na/c1-2-4-5-3-1;/h1-3H;/q-1;+1. The zero-order valence-corrected chi connectivity index (χ0v) is 7.42. The van der Waals surface area contributed by atoms with Crippen LogP contribution in [-0.4, -0.2) is 0 Å². The van der Waals surface area contributed by atoms with Gasteiger partial charge in [-0.3, -0.25) is 7.87 Å². The molecule has 0 amide bonds. The van der Waals surface area contributed by atoms with E-state index in [1.54, 1.807) is 0 Å². The van der Waals surface area contributed by atoms with Crippen LogP contribution in [0.3, 0.4) is 0 Å². The molecule has 1 aromatic rings. The second-order valence-electron chi connectivity index (χ2n) is 0.722. The first-order valence-corrected chi connectivity index (χ1v) is 4.02. The van der Waals surface area contributed by atoms with E-state index in [1.807, 2.05) is 0 Å². The predicted octanol–water partition coefficient (Wildman–Crippen LogP) is -0.430. The van der Waals surface area contributed by atoms with E-state index in [4.69, 9.17) is 0 Å². The molecule has 0 saturated heterocycles. The summed E-state index contributed by atoms with van der Waals surface area (Å²) in [6, 6.07) is 2.09. The molecule has 0 N–H and O–H groups in total. The van der Waals surface area contributed by atoms with E-state index in [0.29, 0.717) is 0 Å². The Labute approximate surface area is 62.7 Å². The molecule has 1 heterocycles. The van der Waals surface area contributed by atoms with Gasteiger partial charge in [0.1, 0.15) is 0 Å². The maximum Gasteiger partial charge on any atom is 1.00 e. The second kappa shape index (κ2) is 4.37. The SMILES string of the molecule is [Na+].c1cp[p-]c1. The third-order valence-electron chi connectivity index (χ3n) is 0.372. The summed E-state index contributed by atoms with van der Waals surface area (Å²) in [6.45, 7) is 0. The Balaban J connectivity index is 0.000000250.